The molecule has 0 spiro atoms. The van der Waals surface area contributed by atoms with Crippen LogP contribution in [0.4, 0.5) is 19.2 Å². The third-order valence-electron chi connectivity index (χ3n) is 5.26. The molecule has 0 saturated carbocycles. The van der Waals surface area contributed by atoms with Crippen LogP contribution in [0.3, 0.4) is 0 Å². The Labute approximate surface area is 282 Å². The van der Waals surface area contributed by atoms with E-state index in [2.05, 4.69) is 47.1 Å². The second-order valence-electron chi connectivity index (χ2n) is 8.34. The molecule has 0 bridgehead atoms. The maximum atomic E-state index is 12.1. The number of imide groups is 1. The second-order valence-corrected chi connectivity index (χ2v) is 8.34. The second kappa shape index (κ2) is 26.7. The zero-order valence-corrected chi connectivity index (χ0v) is 28.5. The van der Waals surface area contributed by atoms with Crippen molar-refractivity contribution in [2.75, 3.05) is 41.5 Å². The van der Waals surface area contributed by atoms with Crippen molar-refractivity contribution in [3.05, 3.63) is 6.92 Å². The Morgan fingerprint density at radius 3 is 1.58 bits per heavy atom. The van der Waals surface area contributed by atoms with Crippen LogP contribution in [-0.2, 0) is 84.4 Å². The molecule has 1 aliphatic rings. The Bertz CT molecular complexity index is 883. The van der Waals surface area contributed by atoms with E-state index in [9.17, 15) is 33.6 Å². The smallest absolute Gasteiger partial charge is 0.407 e. The van der Waals surface area contributed by atoms with Gasteiger partial charge in [0.15, 0.2) is 0 Å². The summed E-state index contributed by atoms with van der Waals surface area (Å²) in [6, 6.07) is -1.28. The zero-order valence-electron chi connectivity index (χ0n) is 24.8. The standard InChI is InChI=1S/C14H21N3O8.C10H19N2O4.H2S.Y/c1-23-13(21)15-8-4-3-5-9(16-14(22)24-2)12(20)25-17-10(18)6-7-11(17)19;1-8(12-10(14)16-3)6-4-5-7-11-9(13)15-2;;/h9H,3-8H2,1-2H3,(H,15,21)(H,16,22);8H,1,4-7H2,2-3H3,(H,11,13)(H,12,14);1H2;/q;-1;;/p-1. The zero-order chi connectivity index (χ0) is 31.2. The Morgan fingerprint density at radius 2 is 1.14 bits per heavy atom. The van der Waals surface area contributed by atoms with Crippen LogP contribution in [0, 0.1) is 6.92 Å². The van der Waals surface area contributed by atoms with Gasteiger partial charge in [-0.15, -0.1) is 5.06 Å². The van der Waals surface area contributed by atoms with Gasteiger partial charge < -0.3 is 65.5 Å². The van der Waals surface area contributed by atoms with Crippen LogP contribution < -0.4 is 21.3 Å². The Hall–Kier alpha value is -2.86. The van der Waals surface area contributed by atoms with E-state index in [1.165, 1.54) is 21.3 Å². The quantitative estimate of drug-likeness (QED) is 0.0486. The maximum absolute atomic E-state index is 12.1. The van der Waals surface area contributed by atoms with Crippen LogP contribution in [0.5, 0.6) is 0 Å². The number of alkyl carbamates (subject to hydrolysis) is 4. The number of ether oxygens (including phenoxy) is 4. The van der Waals surface area contributed by atoms with E-state index < -0.39 is 48.2 Å². The van der Waals surface area contributed by atoms with Gasteiger partial charge >= 0.3 is 30.3 Å². The predicted octanol–water partition coefficient (Wildman–Crippen LogP) is 0.643. The summed E-state index contributed by atoms with van der Waals surface area (Å²) in [6.45, 7) is 4.62. The topological polar surface area (TPSA) is 217 Å². The first kappa shape index (κ1) is 44.6. The fourth-order valence-electron chi connectivity index (χ4n) is 3.07. The Balaban J connectivity index is -0.000000778. The average molecular weight is 713 g/mol. The van der Waals surface area contributed by atoms with Gasteiger partial charge in [0.1, 0.15) is 6.04 Å². The van der Waals surface area contributed by atoms with E-state index >= 15 is 0 Å². The summed E-state index contributed by atoms with van der Waals surface area (Å²) in [5.41, 5.74) is 0. The van der Waals surface area contributed by atoms with Gasteiger partial charge in [0.2, 0.25) is 0 Å². The number of hydroxylamine groups is 2. The summed E-state index contributed by atoms with van der Waals surface area (Å²) in [7, 11) is 5.00. The van der Waals surface area contributed by atoms with Gasteiger partial charge in [0.05, 0.1) is 28.4 Å². The SMILES string of the molecule is COC(=O)NCCCCC(NC(=O)OC)C(=O)ON1C(=O)CCC1=O.[CH2-]C(CCCCNC(=O)OC)NC(=O)OC.[SH-].[Y]. The third-order valence-corrected chi connectivity index (χ3v) is 5.26. The molecule has 0 aromatic heterocycles. The van der Waals surface area contributed by atoms with Crippen molar-refractivity contribution >= 4 is 55.7 Å². The summed E-state index contributed by atoms with van der Waals surface area (Å²) in [4.78, 5) is 83.6. The summed E-state index contributed by atoms with van der Waals surface area (Å²) < 4.78 is 17.7. The molecule has 1 heterocycles. The van der Waals surface area contributed by atoms with Gasteiger partial charge in [-0.05, 0) is 25.7 Å². The van der Waals surface area contributed by atoms with Crippen molar-refractivity contribution in [3.8, 4) is 0 Å². The summed E-state index contributed by atoms with van der Waals surface area (Å²) in [5.74, 6) is -2.18. The van der Waals surface area contributed by atoms with Crippen molar-refractivity contribution in [1.29, 1.82) is 0 Å². The third kappa shape index (κ3) is 21.5. The number of hydrogen-bond donors (Lipinski definition) is 4. The maximum Gasteiger partial charge on any atom is 0.407 e. The van der Waals surface area contributed by atoms with E-state index in [-0.39, 0.29) is 71.5 Å². The van der Waals surface area contributed by atoms with Crippen LogP contribution in [0.15, 0.2) is 0 Å². The van der Waals surface area contributed by atoms with Crippen molar-refractivity contribution in [2.24, 2.45) is 0 Å². The molecule has 0 aromatic carbocycles. The van der Waals surface area contributed by atoms with Gasteiger partial charge in [0.25, 0.3) is 11.8 Å². The number of methoxy groups -OCH3 is 4. The monoisotopic (exact) mass is 712 g/mol. The molecule has 1 fully saturated rings. The molecule has 1 saturated heterocycles. The molecule has 1 aliphatic heterocycles. The first-order valence-corrected chi connectivity index (χ1v) is 12.7. The van der Waals surface area contributed by atoms with E-state index in [4.69, 9.17) is 4.84 Å². The first-order valence-electron chi connectivity index (χ1n) is 12.7. The van der Waals surface area contributed by atoms with Gasteiger partial charge in [-0.1, -0.05) is 18.9 Å². The first-order chi connectivity index (χ1) is 19.5. The molecule has 245 valence electrons. The molecular formula is C24H41N5O12SY-2. The van der Waals surface area contributed by atoms with Gasteiger partial charge in [0, 0.05) is 58.6 Å². The van der Waals surface area contributed by atoms with E-state index in [0.717, 1.165) is 26.4 Å². The molecule has 43 heavy (non-hydrogen) atoms. The molecule has 0 aromatic rings. The molecular weight excluding hydrogens is 671 g/mol. The molecule has 1 radical (unpaired) electrons. The summed E-state index contributed by atoms with van der Waals surface area (Å²) >= 11 is 0. The molecule has 1 rings (SSSR count). The van der Waals surface area contributed by atoms with Crippen LogP contribution in [0.2, 0.25) is 0 Å². The largest absolute Gasteiger partial charge is 0.813 e. The molecule has 2 atom stereocenters. The Kier molecular flexibility index (Phi) is 27.7. The predicted molar refractivity (Wildman–Crippen MR) is 148 cm³/mol. The molecule has 2 unspecified atom stereocenters. The van der Waals surface area contributed by atoms with Crippen LogP contribution >= 0.6 is 0 Å². The van der Waals surface area contributed by atoms with Crippen LogP contribution in [0.25, 0.3) is 0 Å². The molecule has 4 N–H and O–H groups in total. The van der Waals surface area contributed by atoms with Gasteiger partial charge in [-0.2, -0.15) is 0 Å². The number of amides is 6. The van der Waals surface area contributed by atoms with Crippen molar-refractivity contribution in [3.63, 3.8) is 0 Å². The van der Waals surface area contributed by atoms with E-state index in [0.29, 0.717) is 31.0 Å². The van der Waals surface area contributed by atoms with Gasteiger partial charge in [-0.25, -0.2) is 24.0 Å². The van der Waals surface area contributed by atoms with E-state index in [1.54, 1.807) is 0 Å². The average Bonchev–Trinajstić information content (AvgIpc) is 3.27. The fourth-order valence-corrected chi connectivity index (χ4v) is 3.07. The van der Waals surface area contributed by atoms with Crippen LogP contribution in [0.1, 0.15) is 51.4 Å². The van der Waals surface area contributed by atoms with Crippen molar-refractivity contribution in [2.45, 2.75) is 63.5 Å². The number of unbranched alkanes of at least 4 members (excludes halogenated alkanes) is 2. The van der Waals surface area contributed by atoms with Crippen LogP contribution in [-0.4, -0.2) is 101 Å². The van der Waals surface area contributed by atoms with Gasteiger partial charge in [-0.3, -0.25) is 9.59 Å². The number of nitrogens with one attached hydrogen (secondary N) is 4. The number of rotatable bonds is 14. The minimum atomic E-state index is -1.10. The minimum absolute atomic E-state index is 0. The van der Waals surface area contributed by atoms with Crippen molar-refractivity contribution < 1.29 is 90.1 Å². The number of carbonyl (C=O) groups is 7. The normalized spacial score (nSPS) is 12.8. The van der Waals surface area contributed by atoms with Crippen molar-refractivity contribution in [1.82, 2.24) is 26.3 Å². The summed E-state index contributed by atoms with van der Waals surface area (Å²) in [6.07, 6.45) is 1.10. The number of carbonyl (C=O) groups excluding carboxylic acids is 7. The molecule has 0 aliphatic carbocycles. The summed E-state index contributed by atoms with van der Waals surface area (Å²) in [5, 5.41) is 10.3. The molecule has 6 amide bonds. The minimum Gasteiger partial charge on any atom is -0.813 e. The molecule has 19 heteroatoms. The molecule has 17 nitrogen and oxygen atoms in total. The number of thiol groups is 1. The Morgan fingerprint density at radius 1 is 0.721 bits per heavy atom. The number of nitrogens with zero attached hydrogens (tertiary/aromatic N) is 1. The number of hydrogen-bond acceptors (Lipinski definition) is 13. The van der Waals surface area contributed by atoms with E-state index in [1.807, 2.05) is 0 Å². The fraction of sp³-hybridized carbons (Fsp3) is 0.667.